The van der Waals surface area contributed by atoms with Gasteiger partial charge in [0.1, 0.15) is 0 Å². The molecule has 0 saturated heterocycles. The molecule has 0 spiro atoms. The molecule has 0 amide bonds. The van der Waals surface area contributed by atoms with E-state index >= 15 is 0 Å². The van der Waals surface area contributed by atoms with Crippen molar-refractivity contribution in [1.82, 2.24) is 0 Å². The summed E-state index contributed by atoms with van der Waals surface area (Å²) in [6.07, 6.45) is 0. The van der Waals surface area contributed by atoms with E-state index in [0.29, 0.717) is 0 Å². The third-order valence-electron chi connectivity index (χ3n) is 0. The summed E-state index contributed by atoms with van der Waals surface area (Å²) < 4.78 is 8.55. The number of hydrogen-bond acceptors (Lipinski definition) is 4. The average molecular weight is 385 g/mol. The minimum atomic E-state index is -5.39. The quantitative estimate of drug-likeness (QED) is 0.333. The molecule has 0 atom stereocenters. The van der Waals surface area contributed by atoms with E-state index < -0.39 is 7.82 Å². The third kappa shape index (κ3) is 66.8. The van der Waals surface area contributed by atoms with Gasteiger partial charge in [-0.25, -0.2) is 0 Å². The number of phosphoric acid groups is 1. The zero-order chi connectivity index (χ0) is 4.50. The zero-order valence-electron chi connectivity index (χ0n) is 3.40. The molecule has 8 heavy (non-hydrogen) atoms. The van der Waals surface area contributed by atoms with Crippen LogP contribution in [-0.4, -0.2) is 0 Å². The molecule has 0 aliphatic heterocycles. The SMILES string of the molecule is O=P([O-])([O-])[O-].[Ce+3].[Ni].[Zr]. The van der Waals surface area contributed by atoms with Crippen LogP contribution < -0.4 is 14.7 Å². The molecule has 0 N–H and O–H groups in total. The van der Waals surface area contributed by atoms with Gasteiger partial charge in [0, 0.05) is 42.7 Å². The maximum Gasteiger partial charge on any atom is 3.00 e. The average Bonchev–Trinajstić information content (AvgIpc) is 0.722. The number of hydrogen-bond donors (Lipinski definition) is 0. The van der Waals surface area contributed by atoms with E-state index in [0.717, 1.165) is 0 Å². The van der Waals surface area contributed by atoms with E-state index in [9.17, 15) is 0 Å². The third-order valence-corrected chi connectivity index (χ3v) is 0. The van der Waals surface area contributed by atoms with Crippen LogP contribution in [0.1, 0.15) is 0 Å². The largest absolute Gasteiger partial charge is 3.00 e. The van der Waals surface area contributed by atoms with Crippen molar-refractivity contribution in [3.05, 3.63) is 0 Å². The van der Waals surface area contributed by atoms with Gasteiger partial charge in [-0.1, -0.05) is 0 Å². The van der Waals surface area contributed by atoms with E-state index in [1.165, 1.54) is 0 Å². The summed E-state index contributed by atoms with van der Waals surface area (Å²) >= 11 is 0. The van der Waals surface area contributed by atoms with Gasteiger partial charge in [0.15, 0.2) is 0 Å². The van der Waals surface area contributed by atoms with Gasteiger partial charge in [-0.05, 0) is 0 Å². The molecular formula is CeNiO4PZr. The predicted octanol–water partition coefficient (Wildman–Crippen LogP) is -2.83. The first-order valence-corrected chi connectivity index (χ1v) is 2.19. The topological polar surface area (TPSA) is 86.2 Å². The molecule has 0 aromatic rings. The molecule has 4 nitrogen and oxygen atoms in total. The Labute approximate surface area is 109 Å². The molecule has 0 fully saturated rings. The van der Waals surface area contributed by atoms with E-state index in [2.05, 4.69) is 0 Å². The maximum atomic E-state index is 8.55. The predicted molar refractivity (Wildman–Crippen MR) is 7.61 cm³/mol. The Morgan fingerprint density at radius 2 is 1.12 bits per heavy atom. The van der Waals surface area contributed by atoms with Crippen molar-refractivity contribution in [2.45, 2.75) is 0 Å². The Morgan fingerprint density at radius 1 is 1.12 bits per heavy atom. The van der Waals surface area contributed by atoms with Crippen LogP contribution in [0.4, 0.5) is 0 Å². The fourth-order valence-electron chi connectivity index (χ4n) is 0. The summed E-state index contributed by atoms with van der Waals surface area (Å²) in [5.74, 6) is 0. The summed E-state index contributed by atoms with van der Waals surface area (Å²) in [6, 6.07) is 0. The molecule has 8 heteroatoms. The molecule has 0 aromatic heterocycles. The Hall–Kier alpha value is 2.86. The normalized spacial score (nSPS) is 7.38. The Balaban J connectivity index is -0.0000000267. The van der Waals surface area contributed by atoms with Gasteiger partial charge in [-0.3, -0.25) is 0 Å². The molecule has 0 saturated carbocycles. The Kier molecular flexibility index (Phi) is 27.7. The Morgan fingerprint density at radius 3 is 1.12 bits per heavy atom. The van der Waals surface area contributed by atoms with Crippen molar-refractivity contribution >= 4 is 7.82 Å². The standard InChI is InChI=1S/Ce.Ni.H3O4P.Zr/c;;1-5(2,3)4;/h;;(H3,1,2,3,4);/q+3;;;/p-3. The van der Waals surface area contributed by atoms with Gasteiger partial charge < -0.3 is 19.2 Å². The van der Waals surface area contributed by atoms with Crippen LogP contribution in [0.2, 0.25) is 0 Å². The molecule has 47 valence electrons. The zero-order valence-corrected chi connectivity index (χ0v) is 10.9. The van der Waals surface area contributed by atoms with E-state index in [-0.39, 0.29) is 84.4 Å². The minimum Gasteiger partial charge on any atom is -0.822 e. The van der Waals surface area contributed by atoms with Crippen LogP contribution in [-0.2, 0) is 47.3 Å². The van der Waals surface area contributed by atoms with Gasteiger partial charge in [0.2, 0.25) is 0 Å². The molecule has 0 unspecified atom stereocenters. The second kappa shape index (κ2) is 9.86. The minimum absolute atomic E-state index is 0. The van der Waals surface area contributed by atoms with Crippen molar-refractivity contribution in [3.8, 4) is 0 Å². The van der Waals surface area contributed by atoms with Gasteiger partial charge in [-0.2, -0.15) is 7.82 Å². The van der Waals surface area contributed by atoms with Gasteiger partial charge >= 0.3 is 41.7 Å². The van der Waals surface area contributed by atoms with Crippen LogP contribution in [0.25, 0.3) is 0 Å². The molecule has 0 aliphatic carbocycles. The van der Waals surface area contributed by atoms with Crippen molar-refractivity contribution in [2.24, 2.45) is 0 Å². The van der Waals surface area contributed by atoms with Gasteiger partial charge in [-0.15, -0.1) is 0 Å². The molecule has 1 radical (unpaired) electrons. The maximum absolute atomic E-state index is 8.55. The summed E-state index contributed by atoms with van der Waals surface area (Å²) in [5, 5.41) is 0. The van der Waals surface area contributed by atoms with Crippen LogP contribution in [0, 0.1) is 41.7 Å². The van der Waals surface area contributed by atoms with Crippen molar-refractivity contribution in [3.63, 3.8) is 0 Å². The van der Waals surface area contributed by atoms with Crippen LogP contribution in [0.5, 0.6) is 0 Å². The monoisotopic (exact) mass is 383 g/mol. The van der Waals surface area contributed by atoms with Gasteiger partial charge in [0.25, 0.3) is 0 Å². The molecule has 0 aliphatic rings. The summed E-state index contributed by atoms with van der Waals surface area (Å²) in [5.41, 5.74) is 0. The second-order valence-corrected chi connectivity index (χ2v) is 1.34. The fraction of sp³-hybridized carbons (Fsp3) is 0. The number of rotatable bonds is 0. The molecule has 0 bridgehead atoms. The van der Waals surface area contributed by atoms with E-state index in [1.54, 1.807) is 0 Å². The molecule has 0 rings (SSSR count). The van der Waals surface area contributed by atoms with Crippen LogP contribution in [0.15, 0.2) is 0 Å². The van der Waals surface area contributed by atoms with Crippen LogP contribution in [0.3, 0.4) is 0 Å². The summed E-state index contributed by atoms with van der Waals surface area (Å²) in [7, 11) is -5.39. The molecular weight excluding hydrogens is 385 g/mol. The molecule has 0 heterocycles. The Bertz CT molecular complexity index is 62.2. The van der Waals surface area contributed by atoms with E-state index in [4.69, 9.17) is 19.2 Å². The second-order valence-electron chi connectivity index (χ2n) is 0.447. The van der Waals surface area contributed by atoms with Crippen molar-refractivity contribution in [2.75, 3.05) is 0 Å². The first kappa shape index (κ1) is 22.4. The van der Waals surface area contributed by atoms with Crippen LogP contribution >= 0.6 is 7.82 Å². The van der Waals surface area contributed by atoms with Crippen molar-refractivity contribution < 1.29 is 104 Å². The summed E-state index contributed by atoms with van der Waals surface area (Å²) in [6.45, 7) is 0. The first-order valence-electron chi connectivity index (χ1n) is 0.730. The van der Waals surface area contributed by atoms with Gasteiger partial charge in [0.05, 0.1) is 0 Å². The first-order chi connectivity index (χ1) is 2.00. The fourth-order valence-corrected chi connectivity index (χ4v) is 0. The van der Waals surface area contributed by atoms with E-state index in [1.807, 2.05) is 0 Å². The summed E-state index contributed by atoms with van der Waals surface area (Å²) in [4.78, 5) is 25.6. The smallest absolute Gasteiger partial charge is 0.822 e. The molecule has 0 aromatic carbocycles. The van der Waals surface area contributed by atoms with Crippen molar-refractivity contribution in [1.29, 1.82) is 0 Å².